The van der Waals surface area contributed by atoms with E-state index in [9.17, 15) is 4.79 Å². The molecule has 6 nitrogen and oxygen atoms in total. The van der Waals surface area contributed by atoms with Gasteiger partial charge in [0.15, 0.2) is 0 Å². The molecule has 0 amide bonds. The quantitative estimate of drug-likeness (QED) is 0.560. The molecule has 0 spiro atoms. The Morgan fingerprint density at radius 1 is 1.03 bits per heavy atom. The van der Waals surface area contributed by atoms with Gasteiger partial charge < -0.3 is 4.74 Å². The highest BCUT2D eigenvalue weighted by Crippen LogP contribution is 2.28. The molecule has 0 unspecified atom stereocenters. The summed E-state index contributed by atoms with van der Waals surface area (Å²) < 4.78 is 9.08. The van der Waals surface area contributed by atoms with Crippen LogP contribution in [0.4, 0.5) is 0 Å². The number of hydrogen-bond donors (Lipinski definition) is 1. The Balaban J connectivity index is 1.59. The van der Waals surface area contributed by atoms with Gasteiger partial charge in [0, 0.05) is 18.8 Å². The zero-order chi connectivity index (χ0) is 20.5. The van der Waals surface area contributed by atoms with Crippen molar-refractivity contribution in [2.24, 2.45) is 7.05 Å². The number of nitrogens with one attached hydrogen (secondary N) is 1. The van der Waals surface area contributed by atoms with Crippen molar-refractivity contribution >= 4 is 0 Å². The SMILES string of the molecule is Cc1ccnc(-c2ccc(COc3c(C)cccc3-n3[nH]n(C)c3=O)c(C)c2)c1. The number of hydrogen-bond acceptors (Lipinski definition) is 3. The van der Waals surface area contributed by atoms with Gasteiger partial charge in [-0.15, -0.1) is 0 Å². The molecule has 2 aromatic heterocycles. The third kappa shape index (κ3) is 3.61. The smallest absolute Gasteiger partial charge is 0.364 e. The Hall–Kier alpha value is -3.54. The van der Waals surface area contributed by atoms with Crippen molar-refractivity contribution in [3.63, 3.8) is 0 Å². The third-order valence-corrected chi connectivity index (χ3v) is 5.09. The predicted octanol–water partition coefficient (Wildman–Crippen LogP) is 4.07. The van der Waals surface area contributed by atoms with Gasteiger partial charge in [0.2, 0.25) is 0 Å². The second-order valence-corrected chi connectivity index (χ2v) is 7.35. The highest BCUT2D eigenvalue weighted by atomic mass is 16.5. The van der Waals surface area contributed by atoms with Gasteiger partial charge in [-0.2, -0.15) is 4.68 Å². The number of rotatable bonds is 5. The Bertz CT molecular complexity index is 1230. The number of aromatic amines is 1. The van der Waals surface area contributed by atoms with Crippen molar-refractivity contribution < 1.29 is 4.74 Å². The summed E-state index contributed by atoms with van der Waals surface area (Å²) in [5.41, 5.74) is 7.04. The molecule has 0 aliphatic rings. The van der Waals surface area contributed by atoms with Crippen LogP contribution in [-0.4, -0.2) is 19.6 Å². The van der Waals surface area contributed by atoms with E-state index < -0.39 is 0 Å². The van der Waals surface area contributed by atoms with Crippen molar-refractivity contribution in [2.45, 2.75) is 27.4 Å². The molecule has 0 fully saturated rings. The van der Waals surface area contributed by atoms with Gasteiger partial charge in [-0.3, -0.25) is 4.98 Å². The summed E-state index contributed by atoms with van der Waals surface area (Å²) in [6.45, 7) is 6.54. The molecule has 29 heavy (non-hydrogen) atoms. The fraction of sp³-hybridized carbons (Fsp3) is 0.217. The monoisotopic (exact) mass is 388 g/mol. The van der Waals surface area contributed by atoms with E-state index in [1.54, 1.807) is 7.05 Å². The van der Waals surface area contributed by atoms with Gasteiger partial charge in [-0.25, -0.2) is 14.7 Å². The molecule has 0 saturated carbocycles. The van der Waals surface area contributed by atoms with E-state index >= 15 is 0 Å². The van der Waals surface area contributed by atoms with E-state index in [0.29, 0.717) is 18.0 Å². The summed E-state index contributed by atoms with van der Waals surface area (Å²) in [6, 6.07) is 16.1. The standard InChI is InChI=1S/C23H24N4O2/c1-15-10-11-24-20(12-15)18-8-9-19(17(3)13-18)14-29-22-16(2)6-5-7-21(22)27-23(28)26(4)25-27/h5-13,25H,14H2,1-4H3. The van der Waals surface area contributed by atoms with Gasteiger partial charge in [-0.05, 0) is 67.3 Å². The molecule has 0 atom stereocenters. The number of ether oxygens (including phenoxy) is 1. The normalized spacial score (nSPS) is 11.0. The lowest BCUT2D eigenvalue weighted by Gasteiger charge is -2.19. The summed E-state index contributed by atoms with van der Waals surface area (Å²) in [5.74, 6) is 0.699. The maximum Gasteiger partial charge on any atom is 0.364 e. The van der Waals surface area contributed by atoms with Crippen LogP contribution in [0.25, 0.3) is 16.9 Å². The Morgan fingerprint density at radius 2 is 1.86 bits per heavy atom. The Morgan fingerprint density at radius 3 is 2.55 bits per heavy atom. The van der Waals surface area contributed by atoms with E-state index in [1.165, 1.54) is 14.9 Å². The molecule has 148 valence electrons. The summed E-state index contributed by atoms with van der Waals surface area (Å²) in [7, 11) is 1.68. The average molecular weight is 388 g/mol. The molecule has 0 aliphatic heterocycles. The van der Waals surface area contributed by atoms with Crippen LogP contribution < -0.4 is 10.4 Å². The first-order chi connectivity index (χ1) is 13.9. The number of aromatic nitrogens is 4. The summed E-state index contributed by atoms with van der Waals surface area (Å²) in [5, 5.41) is 2.95. The largest absolute Gasteiger partial charge is 0.486 e. The van der Waals surface area contributed by atoms with Crippen LogP contribution in [0, 0.1) is 20.8 Å². The van der Waals surface area contributed by atoms with E-state index in [0.717, 1.165) is 27.9 Å². The highest BCUT2D eigenvalue weighted by Gasteiger charge is 2.15. The van der Waals surface area contributed by atoms with Crippen LogP contribution in [0.5, 0.6) is 5.75 Å². The number of nitrogens with zero attached hydrogens (tertiary/aromatic N) is 3. The molecule has 2 heterocycles. The van der Waals surface area contributed by atoms with E-state index in [4.69, 9.17) is 4.74 Å². The lowest BCUT2D eigenvalue weighted by Crippen LogP contribution is -2.40. The predicted molar refractivity (Wildman–Crippen MR) is 114 cm³/mol. The van der Waals surface area contributed by atoms with Crippen LogP contribution in [-0.2, 0) is 13.7 Å². The van der Waals surface area contributed by atoms with Gasteiger partial charge in [0.25, 0.3) is 0 Å². The number of aryl methyl sites for hydroxylation is 4. The van der Waals surface area contributed by atoms with Crippen LogP contribution in [0.15, 0.2) is 59.5 Å². The summed E-state index contributed by atoms with van der Waals surface area (Å²) >= 11 is 0. The lowest BCUT2D eigenvalue weighted by atomic mass is 10.0. The Labute approximate surface area is 169 Å². The fourth-order valence-corrected chi connectivity index (χ4v) is 3.36. The van der Waals surface area contributed by atoms with Crippen LogP contribution >= 0.6 is 0 Å². The van der Waals surface area contributed by atoms with Crippen molar-refractivity contribution in [1.29, 1.82) is 0 Å². The summed E-state index contributed by atoms with van der Waals surface area (Å²) in [6.07, 6.45) is 1.83. The van der Waals surface area contributed by atoms with Gasteiger partial charge >= 0.3 is 5.69 Å². The van der Waals surface area contributed by atoms with Gasteiger partial charge in [-0.1, -0.05) is 24.3 Å². The third-order valence-electron chi connectivity index (χ3n) is 5.09. The first kappa shape index (κ1) is 18.8. The lowest BCUT2D eigenvalue weighted by molar-refractivity contribution is 0.298. The van der Waals surface area contributed by atoms with Crippen LogP contribution in [0.1, 0.15) is 22.3 Å². The van der Waals surface area contributed by atoms with Crippen molar-refractivity contribution in [3.8, 4) is 22.7 Å². The molecular formula is C23H24N4O2. The van der Waals surface area contributed by atoms with Gasteiger partial charge in [0.1, 0.15) is 18.0 Å². The maximum atomic E-state index is 12.1. The highest BCUT2D eigenvalue weighted by molar-refractivity contribution is 5.61. The van der Waals surface area contributed by atoms with E-state index in [-0.39, 0.29) is 5.69 Å². The molecule has 2 aromatic carbocycles. The summed E-state index contributed by atoms with van der Waals surface area (Å²) in [4.78, 5) is 16.5. The second-order valence-electron chi connectivity index (χ2n) is 7.35. The number of benzene rings is 2. The van der Waals surface area contributed by atoms with Crippen molar-refractivity contribution in [1.82, 2.24) is 19.6 Å². The zero-order valence-electron chi connectivity index (χ0n) is 17.1. The zero-order valence-corrected chi connectivity index (χ0v) is 17.1. The fourth-order valence-electron chi connectivity index (χ4n) is 3.36. The molecule has 4 rings (SSSR count). The molecular weight excluding hydrogens is 364 g/mol. The molecule has 0 aliphatic carbocycles. The van der Waals surface area contributed by atoms with Crippen LogP contribution in [0.2, 0.25) is 0 Å². The molecule has 1 N–H and O–H groups in total. The molecule has 0 radical (unpaired) electrons. The average Bonchev–Trinajstić information content (AvgIpc) is 2.71. The Kier molecular flexibility index (Phi) is 4.84. The topological polar surface area (TPSA) is 64.8 Å². The minimum absolute atomic E-state index is 0.119. The molecule has 6 heteroatoms. The molecule has 4 aromatic rings. The second kappa shape index (κ2) is 7.47. The van der Waals surface area contributed by atoms with Gasteiger partial charge in [0.05, 0.1) is 5.69 Å². The first-order valence-electron chi connectivity index (χ1n) is 9.53. The first-order valence-corrected chi connectivity index (χ1v) is 9.53. The number of pyridine rings is 1. The van der Waals surface area contributed by atoms with E-state index in [2.05, 4.69) is 48.3 Å². The number of H-pyrrole nitrogens is 1. The maximum absolute atomic E-state index is 12.1. The van der Waals surface area contributed by atoms with Crippen molar-refractivity contribution in [2.75, 3.05) is 0 Å². The number of para-hydroxylation sites is 1. The minimum Gasteiger partial charge on any atom is -0.486 e. The molecule has 0 saturated heterocycles. The van der Waals surface area contributed by atoms with Crippen LogP contribution in [0.3, 0.4) is 0 Å². The molecule has 0 bridgehead atoms. The van der Waals surface area contributed by atoms with E-state index in [1.807, 2.05) is 37.4 Å². The minimum atomic E-state index is -0.119. The van der Waals surface area contributed by atoms with Crippen molar-refractivity contribution in [3.05, 3.63) is 87.5 Å².